The van der Waals surface area contributed by atoms with Gasteiger partial charge in [-0.2, -0.15) is 5.26 Å². The van der Waals surface area contributed by atoms with Crippen LogP contribution in [0.15, 0.2) is 66.7 Å². The van der Waals surface area contributed by atoms with Crippen LogP contribution in [0, 0.1) is 11.3 Å². The number of hydroxylamine groups is 2. The van der Waals surface area contributed by atoms with Crippen LogP contribution in [-0.4, -0.2) is 10.4 Å². The maximum atomic E-state index is 9.60. The van der Waals surface area contributed by atoms with Gasteiger partial charge >= 0.3 is 0 Å². The van der Waals surface area contributed by atoms with Gasteiger partial charge in [-0.25, -0.2) is 11.0 Å². The van der Waals surface area contributed by atoms with E-state index >= 15 is 0 Å². The predicted octanol–water partition coefficient (Wildman–Crippen LogP) is 4.10. The van der Waals surface area contributed by atoms with Gasteiger partial charge in [0, 0.05) is 13.1 Å². The van der Waals surface area contributed by atoms with Crippen LogP contribution in [0.3, 0.4) is 0 Å². The summed E-state index contributed by atoms with van der Waals surface area (Å²) in [6.45, 7) is 0.667. The average molecular weight is 377 g/mol. The summed E-state index contributed by atoms with van der Waals surface area (Å²) in [5, 5.41) is 27.1. The third kappa shape index (κ3) is 4.85. The van der Waals surface area contributed by atoms with Crippen LogP contribution in [-0.2, 0) is 13.1 Å². The van der Waals surface area contributed by atoms with Crippen molar-refractivity contribution in [1.82, 2.24) is 11.0 Å². The molecule has 0 saturated carbocycles. The minimum absolute atomic E-state index is 0.282. The molecule has 0 saturated heterocycles. The first-order valence-electron chi connectivity index (χ1n) is 8.54. The Morgan fingerprint density at radius 2 is 1.14 bits per heavy atom. The van der Waals surface area contributed by atoms with E-state index in [4.69, 9.17) is 19.9 Å². The molecule has 0 unspecified atom stereocenters. The third-order valence-electron chi connectivity index (χ3n) is 3.97. The third-order valence-corrected chi connectivity index (χ3v) is 3.97. The second-order valence-electron chi connectivity index (χ2n) is 5.90. The highest BCUT2D eigenvalue weighted by atomic mass is 16.5. The molecule has 0 aliphatic heterocycles. The highest BCUT2D eigenvalue weighted by molar-refractivity contribution is 5.55. The van der Waals surface area contributed by atoms with Crippen molar-refractivity contribution in [3.8, 4) is 29.1 Å². The van der Waals surface area contributed by atoms with E-state index in [1.165, 1.54) is 0 Å². The summed E-state index contributed by atoms with van der Waals surface area (Å²) in [4.78, 5) is 0. The molecule has 7 nitrogen and oxygen atoms in total. The van der Waals surface area contributed by atoms with Crippen LogP contribution in [0.4, 0.5) is 0 Å². The van der Waals surface area contributed by atoms with Gasteiger partial charge in [0.05, 0.1) is 0 Å². The van der Waals surface area contributed by atoms with Crippen molar-refractivity contribution in [1.29, 1.82) is 5.26 Å². The van der Waals surface area contributed by atoms with Crippen molar-refractivity contribution in [2.24, 2.45) is 0 Å². The lowest BCUT2D eigenvalue weighted by Crippen LogP contribution is -2.05. The zero-order valence-corrected chi connectivity index (χ0v) is 14.9. The van der Waals surface area contributed by atoms with Crippen molar-refractivity contribution >= 4 is 0 Å². The maximum absolute atomic E-state index is 9.60. The molecule has 0 amide bonds. The van der Waals surface area contributed by atoms with E-state index in [2.05, 4.69) is 17.0 Å². The lowest BCUT2D eigenvalue weighted by molar-refractivity contribution is 0.161. The normalized spacial score (nSPS) is 10.3. The fourth-order valence-corrected chi connectivity index (χ4v) is 2.58. The lowest BCUT2D eigenvalue weighted by atomic mass is 10.2. The molecule has 0 fully saturated rings. The largest absolute Gasteiger partial charge is 0.456 e. The minimum atomic E-state index is 0.282. The van der Waals surface area contributed by atoms with Crippen LogP contribution < -0.4 is 20.4 Å². The van der Waals surface area contributed by atoms with Crippen molar-refractivity contribution < 1.29 is 19.9 Å². The molecule has 7 heteroatoms. The molecule has 28 heavy (non-hydrogen) atoms. The number of hydrogen-bond donors (Lipinski definition) is 4. The van der Waals surface area contributed by atoms with Gasteiger partial charge in [0.15, 0.2) is 0 Å². The number of nitrogens with one attached hydrogen (secondary N) is 2. The van der Waals surface area contributed by atoms with Gasteiger partial charge in [0.2, 0.25) is 0 Å². The second kappa shape index (κ2) is 9.50. The van der Waals surface area contributed by atoms with E-state index in [9.17, 15) is 5.26 Å². The second-order valence-corrected chi connectivity index (χ2v) is 5.90. The Hall–Kier alpha value is -3.41. The van der Waals surface area contributed by atoms with Gasteiger partial charge in [-0.3, -0.25) is 0 Å². The van der Waals surface area contributed by atoms with Gasteiger partial charge in [-0.15, -0.1) is 0 Å². The summed E-state index contributed by atoms with van der Waals surface area (Å²) < 4.78 is 11.7. The van der Waals surface area contributed by atoms with Gasteiger partial charge in [-0.1, -0.05) is 30.3 Å². The van der Waals surface area contributed by atoms with E-state index in [0.29, 0.717) is 36.1 Å². The standard InChI is InChI=1S/C21H19N3O4/c22-12-19-20(27-17-8-4-15(5-9-17)13-23-25)2-1-3-21(19)28-18-10-6-16(7-11-18)14-24-26/h1-11,23-26H,13-14H2. The summed E-state index contributed by atoms with van der Waals surface area (Å²) >= 11 is 0. The number of benzene rings is 3. The zero-order valence-electron chi connectivity index (χ0n) is 14.9. The van der Waals surface area contributed by atoms with E-state index in [1.807, 2.05) is 24.3 Å². The Bertz CT molecular complexity index is 881. The molecule has 3 aromatic rings. The molecule has 0 aliphatic carbocycles. The molecule has 0 heterocycles. The molecule has 0 aliphatic rings. The monoisotopic (exact) mass is 377 g/mol. The topological polar surface area (TPSA) is 107 Å². The van der Waals surface area contributed by atoms with Crippen LogP contribution in [0.2, 0.25) is 0 Å². The first-order chi connectivity index (χ1) is 13.7. The molecule has 142 valence electrons. The van der Waals surface area contributed by atoms with Crippen LogP contribution in [0.1, 0.15) is 16.7 Å². The van der Waals surface area contributed by atoms with Gasteiger partial charge < -0.3 is 19.9 Å². The van der Waals surface area contributed by atoms with Gasteiger partial charge in [-0.05, 0) is 47.5 Å². The Morgan fingerprint density at radius 3 is 1.50 bits per heavy atom. The predicted molar refractivity (Wildman–Crippen MR) is 101 cm³/mol. The first kappa shape index (κ1) is 19.4. The fourth-order valence-electron chi connectivity index (χ4n) is 2.58. The molecular weight excluding hydrogens is 358 g/mol. The van der Waals surface area contributed by atoms with Crippen molar-refractivity contribution in [2.75, 3.05) is 0 Å². The van der Waals surface area contributed by atoms with Crippen molar-refractivity contribution in [3.63, 3.8) is 0 Å². The SMILES string of the molecule is N#Cc1c(Oc2ccc(CNO)cc2)cccc1Oc1ccc(CNO)cc1. The quantitative estimate of drug-likeness (QED) is 0.438. The lowest BCUT2D eigenvalue weighted by Gasteiger charge is -2.12. The average Bonchev–Trinajstić information content (AvgIpc) is 2.72. The number of hydrogen-bond acceptors (Lipinski definition) is 7. The van der Waals surface area contributed by atoms with Crippen LogP contribution in [0.25, 0.3) is 0 Å². The molecule has 0 aromatic heterocycles. The van der Waals surface area contributed by atoms with E-state index < -0.39 is 0 Å². The van der Waals surface area contributed by atoms with Gasteiger partial charge in [0.1, 0.15) is 34.6 Å². The van der Waals surface area contributed by atoms with Crippen molar-refractivity contribution in [2.45, 2.75) is 13.1 Å². The Kier molecular flexibility index (Phi) is 6.57. The Balaban J connectivity index is 1.79. The Morgan fingerprint density at radius 1 is 0.714 bits per heavy atom. The molecular formula is C21H19N3O4. The summed E-state index contributed by atoms with van der Waals surface area (Å²) in [7, 11) is 0. The van der Waals surface area contributed by atoms with Gasteiger partial charge in [0.25, 0.3) is 0 Å². The summed E-state index contributed by atoms with van der Waals surface area (Å²) in [6, 6.07) is 21.6. The van der Waals surface area contributed by atoms with Crippen LogP contribution >= 0.6 is 0 Å². The minimum Gasteiger partial charge on any atom is -0.456 e. The molecule has 0 radical (unpaired) electrons. The number of nitriles is 1. The molecule has 0 bridgehead atoms. The van der Waals surface area contributed by atoms with Crippen LogP contribution in [0.5, 0.6) is 23.0 Å². The smallest absolute Gasteiger partial charge is 0.149 e. The summed E-state index contributed by atoms with van der Waals surface area (Å²) in [5.74, 6) is 1.90. The molecule has 0 spiro atoms. The number of rotatable bonds is 8. The number of nitrogens with zero attached hydrogens (tertiary/aromatic N) is 1. The van der Waals surface area contributed by atoms with E-state index in [-0.39, 0.29) is 5.56 Å². The highest BCUT2D eigenvalue weighted by Crippen LogP contribution is 2.34. The van der Waals surface area contributed by atoms with Crippen molar-refractivity contribution in [3.05, 3.63) is 83.4 Å². The zero-order chi connectivity index (χ0) is 19.8. The maximum Gasteiger partial charge on any atom is 0.149 e. The molecule has 3 aromatic carbocycles. The molecule has 4 N–H and O–H groups in total. The number of ether oxygens (including phenoxy) is 2. The van der Waals surface area contributed by atoms with E-state index in [0.717, 1.165) is 11.1 Å². The molecule has 3 rings (SSSR count). The summed E-state index contributed by atoms with van der Waals surface area (Å²) in [6.07, 6.45) is 0. The fraction of sp³-hybridized carbons (Fsp3) is 0.0952. The highest BCUT2D eigenvalue weighted by Gasteiger charge is 2.12. The molecule has 0 atom stereocenters. The summed E-state index contributed by atoms with van der Waals surface area (Å²) in [5.41, 5.74) is 6.27. The Labute approximate surface area is 162 Å². The first-order valence-corrected chi connectivity index (χ1v) is 8.54. The van der Waals surface area contributed by atoms with E-state index in [1.54, 1.807) is 42.5 Å².